The summed E-state index contributed by atoms with van der Waals surface area (Å²) in [6.45, 7) is 12.8. The van der Waals surface area contributed by atoms with Gasteiger partial charge in [0.25, 0.3) is 0 Å². The van der Waals surface area contributed by atoms with Crippen LogP contribution >= 0.6 is 0 Å². The lowest BCUT2D eigenvalue weighted by molar-refractivity contribution is 0.435. The highest BCUT2D eigenvalue weighted by Gasteiger charge is 2.06. The predicted molar refractivity (Wildman–Crippen MR) is 56.3 cm³/mol. The minimum absolute atomic E-state index is 0.570. The summed E-state index contributed by atoms with van der Waals surface area (Å²) in [4.78, 5) is 0. The monoisotopic (exact) mass is 167 g/mol. The molecular formula is C11H21N. The lowest BCUT2D eigenvalue weighted by Gasteiger charge is -2.17. The molecule has 0 aliphatic rings. The first kappa shape index (κ1) is 11.4. The first-order chi connectivity index (χ1) is 5.70. The minimum Gasteiger partial charge on any atom is -0.310 e. The van der Waals surface area contributed by atoms with Crippen LogP contribution in [0.5, 0.6) is 0 Å². The van der Waals surface area contributed by atoms with E-state index in [0.29, 0.717) is 6.04 Å². The van der Waals surface area contributed by atoms with Crippen LogP contribution in [-0.4, -0.2) is 12.6 Å². The molecule has 1 nitrogen and oxygen atoms in total. The highest BCUT2D eigenvalue weighted by molar-refractivity contribution is 4.81. The van der Waals surface area contributed by atoms with Crippen LogP contribution in [0.15, 0.2) is 25.3 Å². The molecule has 70 valence electrons. The predicted octanol–water partition coefficient (Wildman–Crippen LogP) is 2.75. The van der Waals surface area contributed by atoms with E-state index in [9.17, 15) is 0 Å². The third kappa shape index (κ3) is 6.17. The van der Waals surface area contributed by atoms with E-state index in [1.807, 2.05) is 12.2 Å². The number of nitrogens with one attached hydrogen (secondary N) is 1. The van der Waals surface area contributed by atoms with Gasteiger partial charge in [0.1, 0.15) is 0 Å². The molecule has 1 N–H and O–H groups in total. The van der Waals surface area contributed by atoms with Crippen LogP contribution in [0, 0.1) is 5.92 Å². The van der Waals surface area contributed by atoms with Crippen molar-refractivity contribution >= 4 is 0 Å². The number of hydrogen-bond acceptors (Lipinski definition) is 1. The van der Waals surface area contributed by atoms with Crippen LogP contribution < -0.4 is 5.32 Å². The summed E-state index contributed by atoms with van der Waals surface area (Å²) in [5.41, 5.74) is 0. The summed E-state index contributed by atoms with van der Waals surface area (Å²) in [6, 6.07) is 0.570. The number of rotatable bonds is 7. The summed E-state index contributed by atoms with van der Waals surface area (Å²) < 4.78 is 0. The zero-order valence-electron chi connectivity index (χ0n) is 8.34. The number of hydrogen-bond donors (Lipinski definition) is 1. The van der Waals surface area contributed by atoms with Crippen molar-refractivity contribution in [3.05, 3.63) is 25.3 Å². The molecule has 0 unspecified atom stereocenters. The Kier molecular flexibility index (Phi) is 6.78. The van der Waals surface area contributed by atoms with Gasteiger partial charge in [0.05, 0.1) is 0 Å². The molecule has 0 heterocycles. The SMILES string of the molecule is C=CCN[C@@H](CC=C)CC(C)C. The van der Waals surface area contributed by atoms with Crippen molar-refractivity contribution in [2.45, 2.75) is 32.7 Å². The Labute approximate surface area is 76.6 Å². The van der Waals surface area contributed by atoms with Crippen LogP contribution in [0.1, 0.15) is 26.7 Å². The molecule has 0 aromatic rings. The van der Waals surface area contributed by atoms with E-state index < -0.39 is 0 Å². The van der Waals surface area contributed by atoms with Crippen LogP contribution in [0.4, 0.5) is 0 Å². The Morgan fingerprint density at radius 3 is 2.33 bits per heavy atom. The second kappa shape index (κ2) is 7.11. The van der Waals surface area contributed by atoms with Gasteiger partial charge in [-0.05, 0) is 18.8 Å². The molecule has 0 saturated heterocycles. The van der Waals surface area contributed by atoms with E-state index in [1.165, 1.54) is 6.42 Å². The summed E-state index contributed by atoms with van der Waals surface area (Å²) in [7, 11) is 0. The maximum atomic E-state index is 3.75. The van der Waals surface area contributed by atoms with Gasteiger partial charge in [0.2, 0.25) is 0 Å². The molecule has 0 aromatic carbocycles. The van der Waals surface area contributed by atoms with E-state index in [1.54, 1.807) is 0 Å². The highest BCUT2D eigenvalue weighted by atomic mass is 14.9. The molecule has 0 radical (unpaired) electrons. The van der Waals surface area contributed by atoms with Gasteiger partial charge in [-0.25, -0.2) is 0 Å². The summed E-state index contributed by atoms with van der Waals surface area (Å²) in [5, 5.41) is 3.41. The molecule has 1 heteroatoms. The maximum absolute atomic E-state index is 3.75. The molecule has 0 aliphatic carbocycles. The van der Waals surface area contributed by atoms with Crippen LogP contribution in [-0.2, 0) is 0 Å². The van der Waals surface area contributed by atoms with Gasteiger partial charge in [0, 0.05) is 12.6 Å². The zero-order valence-corrected chi connectivity index (χ0v) is 8.34. The fourth-order valence-electron chi connectivity index (χ4n) is 1.28. The molecule has 0 spiro atoms. The third-order valence-corrected chi connectivity index (χ3v) is 1.76. The first-order valence-electron chi connectivity index (χ1n) is 4.65. The van der Waals surface area contributed by atoms with E-state index in [-0.39, 0.29) is 0 Å². The van der Waals surface area contributed by atoms with Gasteiger partial charge >= 0.3 is 0 Å². The fourth-order valence-corrected chi connectivity index (χ4v) is 1.28. The normalized spacial score (nSPS) is 12.9. The molecule has 0 rings (SSSR count). The largest absolute Gasteiger partial charge is 0.310 e. The van der Waals surface area contributed by atoms with E-state index >= 15 is 0 Å². The lowest BCUT2D eigenvalue weighted by atomic mass is 10.0. The zero-order chi connectivity index (χ0) is 9.40. The summed E-state index contributed by atoms with van der Waals surface area (Å²) >= 11 is 0. The van der Waals surface area contributed by atoms with Crippen molar-refractivity contribution < 1.29 is 0 Å². The second-order valence-corrected chi connectivity index (χ2v) is 3.55. The van der Waals surface area contributed by atoms with Gasteiger partial charge in [0.15, 0.2) is 0 Å². The summed E-state index contributed by atoms with van der Waals surface area (Å²) in [5.74, 6) is 0.743. The molecule has 0 saturated carbocycles. The van der Waals surface area contributed by atoms with Crippen molar-refractivity contribution in [3.63, 3.8) is 0 Å². The average molecular weight is 167 g/mol. The molecule has 0 fully saturated rings. The van der Waals surface area contributed by atoms with Crippen LogP contribution in [0.25, 0.3) is 0 Å². The Morgan fingerprint density at radius 2 is 1.92 bits per heavy atom. The van der Waals surface area contributed by atoms with E-state index in [0.717, 1.165) is 18.9 Å². The van der Waals surface area contributed by atoms with Gasteiger partial charge < -0.3 is 5.32 Å². The summed E-state index contributed by atoms with van der Waals surface area (Å²) in [6.07, 6.45) is 6.13. The van der Waals surface area contributed by atoms with Crippen molar-refractivity contribution in [2.24, 2.45) is 5.92 Å². The van der Waals surface area contributed by atoms with Crippen molar-refractivity contribution in [3.8, 4) is 0 Å². The Balaban J connectivity index is 3.68. The fraction of sp³-hybridized carbons (Fsp3) is 0.636. The molecule has 0 aromatic heterocycles. The molecular weight excluding hydrogens is 146 g/mol. The Bertz CT molecular complexity index is 127. The van der Waals surface area contributed by atoms with Crippen LogP contribution in [0.2, 0.25) is 0 Å². The van der Waals surface area contributed by atoms with Gasteiger partial charge in [-0.3, -0.25) is 0 Å². The van der Waals surface area contributed by atoms with Gasteiger partial charge in [-0.2, -0.15) is 0 Å². The maximum Gasteiger partial charge on any atom is 0.0135 e. The second-order valence-electron chi connectivity index (χ2n) is 3.55. The molecule has 1 atom stereocenters. The molecule has 0 aliphatic heterocycles. The van der Waals surface area contributed by atoms with Crippen molar-refractivity contribution in [1.29, 1.82) is 0 Å². The highest BCUT2D eigenvalue weighted by Crippen LogP contribution is 2.07. The third-order valence-electron chi connectivity index (χ3n) is 1.76. The average Bonchev–Trinajstić information content (AvgIpc) is 2.00. The Morgan fingerprint density at radius 1 is 1.25 bits per heavy atom. The van der Waals surface area contributed by atoms with Crippen molar-refractivity contribution in [1.82, 2.24) is 5.32 Å². The smallest absolute Gasteiger partial charge is 0.0135 e. The van der Waals surface area contributed by atoms with Gasteiger partial charge in [-0.1, -0.05) is 26.0 Å². The minimum atomic E-state index is 0.570. The van der Waals surface area contributed by atoms with Gasteiger partial charge in [-0.15, -0.1) is 13.2 Å². The van der Waals surface area contributed by atoms with Crippen LogP contribution in [0.3, 0.4) is 0 Å². The lowest BCUT2D eigenvalue weighted by Crippen LogP contribution is -2.29. The standard InChI is InChI=1S/C11H21N/c1-5-7-11(9-10(3)4)12-8-6-2/h5-6,10-12H,1-2,7-9H2,3-4H3/t11-/m0/s1. The molecule has 12 heavy (non-hydrogen) atoms. The van der Waals surface area contributed by atoms with Crippen molar-refractivity contribution in [2.75, 3.05) is 6.54 Å². The van der Waals surface area contributed by atoms with E-state index in [4.69, 9.17) is 0 Å². The van der Waals surface area contributed by atoms with E-state index in [2.05, 4.69) is 32.3 Å². The molecule has 0 bridgehead atoms. The Hall–Kier alpha value is -0.560. The topological polar surface area (TPSA) is 12.0 Å². The first-order valence-corrected chi connectivity index (χ1v) is 4.65. The quantitative estimate of drug-likeness (QED) is 0.575. The molecule has 0 amide bonds.